The van der Waals surface area contributed by atoms with Crippen LogP contribution in [0.15, 0.2) is 24.3 Å². The zero-order valence-corrected chi connectivity index (χ0v) is 18.1. The number of pyridine rings is 1. The molecular weight excluding hydrogens is 433 g/mol. The van der Waals surface area contributed by atoms with Crippen molar-refractivity contribution in [2.45, 2.75) is 38.3 Å². The number of halogens is 1. The predicted octanol–water partition coefficient (Wildman–Crippen LogP) is 1.30. The van der Waals surface area contributed by atoms with Gasteiger partial charge in [0.05, 0.1) is 30.5 Å². The minimum atomic E-state index is -0.841. The Morgan fingerprint density at radius 3 is 2.82 bits per heavy atom. The molecule has 2 aromatic rings. The number of carbonyl (C=O) groups excluding carboxylic acids is 3. The number of amides is 2. The first-order valence-corrected chi connectivity index (χ1v) is 10.6. The zero-order chi connectivity index (χ0) is 23.5. The second-order valence-electron chi connectivity index (χ2n) is 7.99. The number of ether oxygens (including phenoxy) is 3. The molecule has 1 saturated heterocycles. The number of nitrogens with zero attached hydrogens (tertiary/aromatic N) is 1. The number of nitrogens with one attached hydrogen (secondary N) is 1. The van der Waals surface area contributed by atoms with Gasteiger partial charge >= 0.3 is 5.97 Å². The maximum atomic E-state index is 14.2. The summed E-state index contributed by atoms with van der Waals surface area (Å²) >= 11 is 0. The molecule has 10 heteroatoms. The molecule has 2 aliphatic rings. The second-order valence-corrected chi connectivity index (χ2v) is 7.99. The van der Waals surface area contributed by atoms with Crippen molar-refractivity contribution >= 4 is 17.8 Å². The summed E-state index contributed by atoms with van der Waals surface area (Å²) in [7, 11) is 0. The fraction of sp³-hybridized carbons (Fsp3) is 0.391. The minimum Gasteiger partial charge on any atom is -0.491 e. The van der Waals surface area contributed by atoms with Crippen molar-refractivity contribution < 1.29 is 33.0 Å². The lowest BCUT2D eigenvalue weighted by Gasteiger charge is -2.31. The van der Waals surface area contributed by atoms with Crippen LogP contribution in [0, 0.1) is 5.82 Å². The highest BCUT2D eigenvalue weighted by Gasteiger charge is 2.31. The monoisotopic (exact) mass is 457 g/mol. The van der Waals surface area contributed by atoms with Gasteiger partial charge in [0.15, 0.2) is 0 Å². The van der Waals surface area contributed by atoms with Gasteiger partial charge in [0.1, 0.15) is 23.4 Å². The Bertz CT molecular complexity index is 1110. The highest BCUT2D eigenvalue weighted by molar-refractivity contribution is 5.93. The van der Waals surface area contributed by atoms with Gasteiger partial charge in [-0.2, -0.15) is 0 Å². The van der Waals surface area contributed by atoms with Gasteiger partial charge in [-0.1, -0.05) is 6.07 Å². The molecule has 1 fully saturated rings. The van der Waals surface area contributed by atoms with Crippen LogP contribution in [-0.4, -0.2) is 54.7 Å². The average Bonchev–Trinajstić information content (AvgIpc) is 3.23. The summed E-state index contributed by atoms with van der Waals surface area (Å²) < 4.78 is 30.5. The number of fused-ring (bicyclic) bond motifs is 1. The van der Waals surface area contributed by atoms with Crippen LogP contribution in [0.25, 0.3) is 0 Å². The third kappa shape index (κ3) is 5.11. The number of aromatic nitrogens is 1. The Labute approximate surface area is 189 Å². The molecule has 0 radical (unpaired) electrons. The van der Waals surface area contributed by atoms with Crippen LogP contribution in [0.5, 0.6) is 5.75 Å². The average molecular weight is 457 g/mol. The molecule has 1 aromatic heterocycles. The molecule has 2 atom stereocenters. The van der Waals surface area contributed by atoms with Crippen molar-refractivity contribution in [3.63, 3.8) is 0 Å². The van der Waals surface area contributed by atoms with Crippen LogP contribution < -0.4 is 15.8 Å². The minimum absolute atomic E-state index is 0.186. The lowest BCUT2D eigenvalue weighted by Crippen LogP contribution is -2.50. The molecule has 0 unspecified atom stereocenters. The molecule has 0 saturated carbocycles. The van der Waals surface area contributed by atoms with Gasteiger partial charge in [-0.3, -0.25) is 14.4 Å². The van der Waals surface area contributed by atoms with Crippen molar-refractivity contribution in [3.05, 3.63) is 58.2 Å². The summed E-state index contributed by atoms with van der Waals surface area (Å²) in [6.45, 7) is 2.38. The van der Waals surface area contributed by atoms with Crippen LogP contribution in [0.2, 0.25) is 0 Å². The number of primary amides is 1. The molecule has 3 N–H and O–H groups in total. The number of hydrogen-bond acceptors (Lipinski definition) is 7. The normalized spacial score (nSPS) is 19.3. The molecule has 1 aromatic carbocycles. The second kappa shape index (κ2) is 9.53. The Balaban J connectivity index is 1.57. The van der Waals surface area contributed by atoms with E-state index in [2.05, 4.69) is 10.3 Å². The molecule has 0 bridgehead atoms. The van der Waals surface area contributed by atoms with E-state index in [9.17, 15) is 18.8 Å². The van der Waals surface area contributed by atoms with Gasteiger partial charge in [-0.25, -0.2) is 9.37 Å². The summed E-state index contributed by atoms with van der Waals surface area (Å²) in [5.41, 5.74) is 7.09. The lowest BCUT2D eigenvalue weighted by atomic mass is 10.0. The molecule has 4 rings (SSSR count). The Morgan fingerprint density at radius 1 is 1.27 bits per heavy atom. The van der Waals surface area contributed by atoms with Crippen molar-refractivity contribution in [2.75, 3.05) is 19.8 Å². The van der Waals surface area contributed by atoms with Crippen LogP contribution in [0.3, 0.4) is 0 Å². The molecule has 33 heavy (non-hydrogen) atoms. The Morgan fingerprint density at radius 2 is 2.09 bits per heavy atom. The van der Waals surface area contributed by atoms with E-state index >= 15 is 0 Å². The number of carbonyl (C=O) groups is 3. The van der Waals surface area contributed by atoms with E-state index in [1.54, 1.807) is 12.1 Å². The van der Waals surface area contributed by atoms with Gasteiger partial charge in [0.25, 0.3) is 11.8 Å². The molecule has 174 valence electrons. The predicted molar refractivity (Wildman–Crippen MR) is 113 cm³/mol. The smallest absolute Gasteiger partial charge is 0.303 e. The van der Waals surface area contributed by atoms with Crippen molar-refractivity contribution in [2.24, 2.45) is 5.73 Å². The SMILES string of the molecule is CC(=O)O[C@H]1COCC[C@@H]1NC(=O)c1cc(Cc2ccc(C(N)=O)c(F)c2)c2c(n1)CCO2. The van der Waals surface area contributed by atoms with Gasteiger partial charge in [-0.05, 0) is 30.2 Å². The van der Waals surface area contributed by atoms with E-state index in [1.807, 2.05) is 0 Å². The number of hydrogen-bond donors (Lipinski definition) is 2. The molecule has 0 spiro atoms. The van der Waals surface area contributed by atoms with Crippen LogP contribution >= 0.6 is 0 Å². The number of esters is 1. The maximum absolute atomic E-state index is 14.2. The fourth-order valence-corrected chi connectivity index (χ4v) is 4.02. The third-order valence-corrected chi connectivity index (χ3v) is 5.57. The van der Waals surface area contributed by atoms with Gasteiger partial charge in [-0.15, -0.1) is 0 Å². The fourth-order valence-electron chi connectivity index (χ4n) is 4.02. The van der Waals surface area contributed by atoms with Gasteiger partial charge in [0.2, 0.25) is 0 Å². The molecular formula is C23H24FN3O6. The number of benzene rings is 1. The standard InChI is InChI=1S/C23H24FN3O6/c1-12(28)33-20-11-31-6-4-17(20)27-23(30)19-10-14(21-18(26-19)5-7-32-21)8-13-2-3-15(22(25)29)16(24)9-13/h2-3,9-10,17,20H,4-8,11H2,1H3,(H2,25,29)(H,27,30)/t17-,20-/m0/s1. The highest BCUT2D eigenvalue weighted by atomic mass is 19.1. The molecule has 2 amide bonds. The van der Waals surface area contributed by atoms with E-state index < -0.39 is 35.7 Å². The van der Waals surface area contributed by atoms with E-state index in [1.165, 1.54) is 19.1 Å². The number of rotatable bonds is 6. The highest BCUT2D eigenvalue weighted by Crippen LogP contribution is 2.31. The topological polar surface area (TPSA) is 130 Å². The Kier molecular flexibility index (Phi) is 6.55. The van der Waals surface area contributed by atoms with Gasteiger partial charge < -0.3 is 25.3 Å². The first kappa shape index (κ1) is 22.7. The third-order valence-electron chi connectivity index (χ3n) is 5.57. The molecule has 9 nitrogen and oxygen atoms in total. The largest absolute Gasteiger partial charge is 0.491 e. The van der Waals surface area contributed by atoms with E-state index in [-0.39, 0.29) is 24.3 Å². The number of nitrogens with two attached hydrogens (primary N) is 1. The summed E-state index contributed by atoms with van der Waals surface area (Å²) in [5, 5.41) is 2.89. The summed E-state index contributed by atoms with van der Waals surface area (Å²) in [6, 6.07) is 5.40. The quantitative estimate of drug-likeness (QED) is 0.625. The van der Waals surface area contributed by atoms with Crippen molar-refractivity contribution in [1.29, 1.82) is 0 Å². The van der Waals surface area contributed by atoms with Crippen LogP contribution in [0.1, 0.15) is 51.0 Å². The lowest BCUT2D eigenvalue weighted by molar-refractivity contribution is -0.154. The van der Waals surface area contributed by atoms with E-state index in [0.29, 0.717) is 48.6 Å². The first-order valence-electron chi connectivity index (χ1n) is 10.6. The first-order chi connectivity index (χ1) is 15.8. The van der Waals surface area contributed by atoms with Gasteiger partial charge in [0, 0.05) is 31.9 Å². The maximum Gasteiger partial charge on any atom is 0.303 e. The van der Waals surface area contributed by atoms with Crippen LogP contribution in [-0.2, 0) is 27.1 Å². The van der Waals surface area contributed by atoms with E-state index in [0.717, 1.165) is 0 Å². The van der Waals surface area contributed by atoms with E-state index in [4.69, 9.17) is 19.9 Å². The molecule has 3 heterocycles. The Hall–Kier alpha value is -3.53. The van der Waals surface area contributed by atoms with Crippen molar-refractivity contribution in [3.8, 4) is 5.75 Å². The summed E-state index contributed by atoms with van der Waals surface area (Å²) in [5.74, 6) is -1.83. The molecule has 2 aliphatic heterocycles. The zero-order valence-electron chi connectivity index (χ0n) is 18.1. The van der Waals surface area contributed by atoms with Crippen LogP contribution in [0.4, 0.5) is 4.39 Å². The summed E-state index contributed by atoms with van der Waals surface area (Å²) in [4.78, 5) is 40.1. The summed E-state index contributed by atoms with van der Waals surface area (Å²) in [6.07, 6.45) is 0.736. The molecule has 0 aliphatic carbocycles. The van der Waals surface area contributed by atoms with Crippen molar-refractivity contribution in [1.82, 2.24) is 10.3 Å².